The van der Waals surface area contributed by atoms with Gasteiger partial charge in [0.05, 0.1) is 40.2 Å². The van der Waals surface area contributed by atoms with E-state index in [4.69, 9.17) is 21.4 Å². The molecule has 12 heteroatoms. The summed E-state index contributed by atoms with van der Waals surface area (Å²) >= 11 is 6.49. The van der Waals surface area contributed by atoms with Crippen LogP contribution < -0.4 is 5.69 Å². The number of benzene rings is 2. The van der Waals surface area contributed by atoms with Gasteiger partial charge in [0.1, 0.15) is 11.4 Å². The molecule has 1 aliphatic rings. The highest BCUT2D eigenvalue weighted by molar-refractivity contribution is 6.32. The van der Waals surface area contributed by atoms with Crippen LogP contribution in [-0.4, -0.2) is 51.8 Å². The van der Waals surface area contributed by atoms with Crippen LogP contribution in [0.3, 0.4) is 0 Å². The Morgan fingerprint density at radius 2 is 1.79 bits per heavy atom. The maximum atomic E-state index is 15.7. The zero-order valence-electron chi connectivity index (χ0n) is 25.1. The summed E-state index contributed by atoms with van der Waals surface area (Å²) < 4.78 is 27.4. The molecule has 0 bridgehead atoms. The summed E-state index contributed by atoms with van der Waals surface area (Å²) in [5.41, 5.74) is 3.46. The highest BCUT2D eigenvalue weighted by Gasteiger charge is 2.37. The molecule has 6 rings (SSSR count). The molecule has 0 fully saturated rings. The number of aromatic nitrogens is 6. The van der Waals surface area contributed by atoms with Crippen molar-refractivity contribution in [2.75, 3.05) is 6.54 Å². The normalized spacial score (nSPS) is 15.3. The molecule has 0 saturated heterocycles. The van der Waals surface area contributed by atoms with Gasteiger partial charge in [0, 0.05) is 43.0 Å². The Kier molecular flexibility index (Phi) is 6.76. The van der Waals surface area contributed by atoms with Crippen molar-refractivity contribution in [3.8, 4) is 17.2 Å². The van der Waals surface area contributed by atoms with Crippen molar-refractivity contribution in [1.82, 2.24) is 33.6 Å². The fraction of sp³-hybridized carbons (Fsp3) is 0.355. The number of halogens is 2. The molecule has 0 aliphatic carbocycles. The first-order chi connectivity index (χ1) is 20.3. The molecule has 1 amide bonds. The standard InChI is InChI=1S/C31H33ClFN7O3/c1-17-14-20(15-18(2)26(17)32)40-28(25-19(3)37(11-10-22(25)35-40)30(42)43-31(4,5)6)39-13-12-38(29(39)41)24-9-8-23-21(27(24)33)16-34-36(23)7/h8-9,12-16,19H,10-11H2,1-7H3/t19-/m0/s1. The minimum atomic E-state index is -0.671. The number of ether oxygens (including phenoxy) is 1. The topological polar surface area (TPSA) is 92.1 Å². The van der Waals surface area contributed by atoms with E-state index < -0.39 is 29.2 Å². The average molecular weight is 606 g/mol. The number of nitrogens with zero attached hydrogens (tertiary/aromatic N) is 7. The molecule has 4 heterocycles. The van der Waals surface area contributed by atoms with E-state index in [-0.39, 0.29) is 5.69 Å². The quantitative estimate of drug-likeness (QED) is 0.253. The lowest BCUT2D eigenvalue weighted by molar-refractivity contribution is 0.0159. The summed E-state index contributed by atoms with van der Waals surface area (Å²) in [5.74, 6) is -0.0853. The molecule has 1 aliphatic heterocycles. The molecule has 2 aromatic carbocycles. The second-order valence-corrected chi connectivity index (χ2v) is 12.4. The molecular formula is C31H33ClFN7O3. The maximum Gasteiger partial charge on any atom is 0.410 e. The molecule has 224 valence electrons. The molecule has 43 heavy (non-hydrogen) atoms. The summed E-state index contributed by atoms with van der Waals surface area (Å²) in [7, 11) is 1.73. The van der Waals surface area contributed by atoms with Crippen LogP contribution in [0.2, 0.25) is 5.02 Å². The number of amides is 1. The predicted octanol–water partition coefficient (Wildman–Crippen LogP) is 5.96. The minimum absolute atomic E-state index is 0.103. The van der Waals surface area contributed by atoms with Gasteiger partial charge in [-0.05, 0) is 76.9 Å². The Hall–Kier alpha value is -4.38. The number of carbonyl (C=O) groups is 1. The van der Waals surface area contributed by atoms with Crippen LogP contribution in [0, 0.1) is 19.7 Å². The van der Waals surface area contributed by atoms with Crippen molar-refractivity contribution >= 4 is 28.6 Å². The Labute approximate surface area is 252 Å². The van der Waals surface area contributed by atoms with E-state index >= 15 is 4.39 Å². The Morgan fingerprint density at radius 3 is 2.47 bits per heavy atom. The van der Waals surface area contributed by atoms with Crippen molar-refractivity contribution in [1.29, 1.82) is 0 Å². The van der Waals surface area contributed by atoms with Gasteiger partial charge in [-0.3, -0.25) is 13.8 Å². The van der Waals surface area contributed by atoms with Crippen LogP contribution >= 0.6 is 11.6 Å². The number of carbonyl (C=O) groups excluding carboxylic acids is 1. The first-order valence-electron chi connectivity index (χ1n) is 14.1. The highest BCUT2D eigenvalue weighted by atomic mass is 35.5. The molecule has 0 radical (unpaired) electrons. The molecule has 0 saturated carbocycles. The lowest BCUT2D eigenvalue weighted by Crippen LogP contribution is -2.42. The predicted molar refractivity (Wildman–Crippen MR) is 162 cm³/mol. The number of hydrogen-bond acceptors (Lipinski definition) is 5. The fourth-order valence-corrected chi connectivity index (χ4v) is 5.88. The van der Waals surface area contributed by atoms with E-state index in [1.54, 1.807) is 39.6 Å². The van der Waals surface area contributed by atoms with Gasteiger partial charge in [-0.2, -0.15) is 10.2 Å². The molecule has 5 aromatic rings. The summed E-state index contributed by atoms with van der Waals surface area (Å²) in [5, 5.41) is 10.1. The molecule has 0 spiro atoms. The third-order valence-corrected chi connectivity index (χ3v) is 8.45. The zero-order valence-corrected chi connectivity index (χ0v) is 25.9. The van der Waals surface area contributed by atoms with Gasteiger partial charge >= 0.3 is 11.8 Å². The van der Waals surface area contributed by atoms with Crippen molar-refractivity contribution in [2.45, 2.75) is 59.6 Å². The van der Waals surface area contributed by atoms with Gasteiger partial charge in [0.2, 0.25) is 0 Å². The first kappa shape index (κ1) is 28.7. The van der Waals surface area contributed by atoms with Crippen molar-refractivity contribution in [3.63, 3.8) is 0 Å². The zero-order chi connectivity index (χ0) is 31.0. The van der Waals surface area contributed by atoms with E-state index in [1.165, 1.54) is 21.5 Å². The lowest BCUT2D eigenvalue weighted by Gasteiger charge is -2.34. The molecular weight excluding hydrogens is 573 g/mol. The lowest BCUT2D eigenvalue weighted by atomic mass is 10.00. The van der Waals surface area contributed by atoms with Crippen molar-refractivity contribution < 1.29 is 13.9 Å². The Bertz CT molecular complexity index is 1950. The van der Waals surface area contributed by atoms with Gasteiger partial charge in [0.25, 0.3) is 0 Å². The van der Waals surface area contributed by atoms with E-state index in [2.05, 4.69) is 5.10 Å². The summed E-state index contributed by atoms with van der Waals surface area (Å²) in [6.07, 6.45) is 4.59. The third-order valence-electron chi connectivity index (χ3n) is 7.85. The van der Waals surface area contributed by atoms with Crippen molar-refractivity contribution in [2.24, 2.45) is 7.05 Å². The summed E-state index contributed by atoms with van der Waals surface area (Å²) in [6, 6.07) is 6.65. The van der Waals surface area contributed by atoms with Crippen LogP contribution in [0.25, 0.3) is 28.1 Å². The monoisotopic (exact) mass is 605 g/mol. The Morgan fingerprint density at radius 1 is 1.12 bits per heavy atom. The van der Waals surface area contributed by atoms with Crippen LogP contribution in [0.5, 0.6) is 0 Å². The van der Waals surface area contributed by atoms with Crippen LogP contribution in [0.1, 0.15) is 56.1 Å². The van der Waals surface area contributed by atoms with Gasteiger partial charge in [-0.15, -0.1) is 0 Å². The molecule has 0 N–H and O–H groups in total. The van der Waals surface area contributed by atoms with Crippen LogP contribution in [0.4, 0.5) is 9.18 Å². The summed E-state index contributed by atoms with van der Waals surface area (Å²) in [4.78, 5) is 29.0. The number of rotatable bonds is 3. The maximum absolute atomic E-state index is 15.7. The molecule has 10 nitrogen and oxygen atoms in total. The fourth-order valence-electron chi connectivity index (χ4n) is 5.77. The second kappa shape index (κ2) is 10.1. The van der Waals surface area contributed by atoms with Gasteiger partial charge in [0.15, 0.2) is 5.82 Å². The van der Waals surface area contributed by atoms with Crippen molar-refractivity contribution in [3.05, 3.63) is 86.6 Å². The van der Waals surface area contributed by atoms with Crippen LogP contribution in [0.15, 0.2) is 47.7 Å². The number of imidazole rings is 1. The van der Waals surface area contributed by atoms with E-state index in [1.807, 2.05) is 53.7 Å². The minimum Gasteiger partial charge on any atom is -0.444 e. The highest BCUT2D eigenvalue weighted by Crippen LogP contribution is 2.37. The number of fused-ring (bicyclic) bond motifs is 2. The average Bonchev–Trinajstić information content (AvgIpc) is 3.62. The smallest absolute Gasteiger partial charge is 0.410 e. The van der Waals surface area contributed by atoms with Crippen LogP contribution in [-0.2, 0) is 18.2 Å². The van der Waals surface area contributed by atoms with E-state index in [0.717, 1.165) is 16.8 Å². The molecule has 3 aromatic heterocycles. The Balaban J connectivity index is 1.55. The van der Waals surface area contributed by atoms with Gasteiger partial charge in [-0.25, -0.2) is 18.7 Å². The molecule has 0 unspecified atom stereocenters. The molecule has 1 atom stereocenters. The SMILES string of the molecule is Cc1cc(-n2nc3c(c2-n2ccn(-c4ccc5c(cnn5C)c4F)c2=O)[C@H](C)N(C(=O)OC(C)(C)C)CC3)cc(C)c1Cl. The largest absolute Gasteiger partial charge is 0.444 e. The first-order valence-corrected chi connectivity index (χ1v) is 14.4. The number of hydrogen-bond donors (Lipinski definition) is 0. The van der Waals surface area contributed by atoms with E-state index in [9.17, 15) is 9.59 Å². The second-order valence-electron chi connectivity index (χ2n) is 12.0. The van der Waals surface area contributed by atoms with E-state index in [0.29, 0.717) is 46.0 Å². The van der Waals surface area contributed by atoms with Gasteiger partial charge < -0.3 is 9.64 Å². The summed E-state index contributed by atoms with van der Waals surface area (Å²) in [6.45, 7) is 11.6. The number of aryl methyl sites for hydroxylation is 3. The van der Waals surface area contributed by atoms with Gasteiger partial charge in [-0.1, -0.05) is 11.6 Å². The third kappa shape index (κ3) is 4.71.